The van der Waals surface area contributed by atoms with Crippen molar-refractivity contribution in [1.82, 2.24) is 4.90 Å². The molecule has 0 N–H and O–H groups in total. The third-order valence-electron chi connectivity index (χ3n) is 7.45. The fourth-order valence-electron chi connectivity index (χ4n) is 5.41. The third-order valence-corrected chi connectivity index (χ3v) is 7.45. The molecule has 0 aromatic heterocycles. The summed E-state index contributed by atoms with van der Waals surface area (Å²) in [5.41, 5.74) is 0. The molecule has 0 aliphatic rings. The van der Waals surface area contributed by atoms with Crippen molar-refractivity contribution < 1.29 is 0 Å². The summed E-state index contributed by atoms with van der Waals surface area (Å²) in [7, 11) is 0. The van der Waals surface area contributed by atoms with E-state index in [4.69, 9.17) is 0 Å². The van der Waals surface area contributed by atoms with E-state index in [0.717, 1.165) is 18.1 Å². The van der Waals surface area contributed by atoms with Crippen molar-refractivity contribution in [3.63, 3.8) is 0 Å². The van der Waals surface area contributed by atoms with Gasteiger partial charge in [0.25, 0.3) is 0 Å². The first kappa shape index (κ1) is 31.0. The van der Waals surface area contributed by atoms with Gasteiger partial charge in [-0.2, -0.15) is 0 Å². The lowest BCUT2D eigenvalue weighted by Crippen LogP contribution is -2.46. The number of hydrogen-bond acceptors (Lipinski definition) is 1. The molecule has 0 saturated heterocycles. The van der Waals surface area contributed by atoms with Gasteiger partial charge in [-0.3, -0.25) is 4.90 Å². The van der Waals surface area contributed by atoms with Crippen LogP contribution in [0.5, 0.6) is 0 Å². The normalized spacial score (nSPS) is 14.8. The molecule has 1 heteroatoms. The van der Waals surface area contributed by atoms with Crippen LogP contribution < -0.4 is 0 Å². The molecule has 3 unspecified atom stereocenters. The van der Waals surface area contributed by atoms with E-state index < -0.39 is 0 Å². The zero-order valence-electron chi connectivity index (χ0n) is 23.0. The van der Waals surface area contributed by atoms with Crippen LogP contribution in [0.3, 0.4) is 0 Å². The molecule has 0 aliphatic carbocycles. The zero-order valence-corrected chi connectivity index (χ0v) is 23.0. The molecule has 0 rings (SSSR count). The highest BCUT2D eigenvalue weighted by molar-refractivity contribution is 4.79. The van der Waals surface area contributed by atoms with E-state index in [1.165, 1.54) is 135 Å². The Morgan fingerprint density at radius 3 is 0.839 bits per heavy atom. The molecule has 0 spiro atoms. The summed E-state index contributed by atoms with van der Waals surface area (Å²) in [4.78, 5) is 2.93. The topological polar surface area (TPSA) is 3.24 Å². The summed E-state index contributed by atoms with van der Waals surface area (Å²) in [6.07, 6.45) is 29.8. The van der Waals surface area contributed by atoms with Crippen molar-refractivity contribution in [2.24, 2.45) is 0 Å². The Hall–Kier alpha value is -0.0400. The maximum absolute atomic E-state index is 2.93. The van der Waals surface area contributed by atoms with Crippen molar-refractivity contribution in [3.8, 4) is 0 Å². The van der Waals surface area contributed by atoms with Gasteiger partial charge in [-0.15, -0.1) is 0 Å². The lowest BCUT2D eigenvalue weighted by molar-refractivity contribution is 0.0834. The second-order valence-corrected chi connectivity index (χ2v) is 10.7. The van der Waals surface area contributed by atoms with Gasteiger partial charge < -0.3 is 0 Å². The molecule has 31 heavy (non-hydrogen) atoms. The van der Waals surface area contributed by atoms with Gasteiger partial charge in [0.15, 0.2) is 0 Å². The molecule has 0 radical (unpaired) electrons. The molecule has 0 fully saturated rings. The van der Waals surface area contributed by atoms with Crippen molar-refractivity contribution in [1.29, 1.82) is 0 Å². The van der Waals surface area contributed by atoms with Gasteiger partial charge in [0.05, 0.1) is 0 Å². The third kappa shape index (κ3) is 18.1. The largest absolute Gasteiger partial charge is 0.295 e. The zero-order chi connectivity index (χ0) is 23.2. The van der Waals surface area contributed by atoms with Crippen LogP contribution in [-0.4, -0.2) is 23.0 Å². The van der Waals surface area contributed by atoms with Crippen molar-refractivity contribution >= 4 is 0 Å². The highest BCUT2D eigenvalue weighted by Gasteiger charge is 2.24. The molecular formula is C30H63N. The summed E-state index contributed by atoms with van der Waals surface area (Å²) in [5, 5.41) is 0. The Morgan fingerprint density at radius 1 is 0.355 bits per heavy atom. The maximum atomic E-state index is 2.93. The first-order valence-electron chi connectivity index (χ1n) is 14.9. The molecule has 0 saturated carbocycles. The molecule has 0 bridgehead atoms. The molecule has 1 nitrogen and oxygen atoms in total. The second kappa shape index (κ2) is 23.1. The molecule has 0 aromatic carbocycles. The van der Waals surface area contributed by atoms with Gasteiger partial charge in [0.1, 0.15) is 0 Å². The highest BCUT2D eigenvalue weighted by Crippen LogP contribution is 2.24. The van der Waals surface area contributed by atoms with E-state index in [9.17, 15) is 0 Å². The van der Waals surface area contributed by atoms with E-state index in [0.29, 0.717) is 0 Å². The van der Waals surface area contributed by atoms with Crippen LogP contribution >= 0.6 is 0 Å². The van der Waals surface area contributed by atoms with Crippen LogP contribution in [0.15, 0.2) is 0 Å². The minimum atomic E-state index is 0.747. The number of rotatable bonds is 24. The molecule has 0 aliphatic heterocycles. The Kier molecular flexibility index (Phi) is 23.1. The summed E-state index contributed by atoms with van der Waals surface area (Å²) in [6, 6.07) is 2.24. The highest BCUT2D eigenvalue weighted by atomic mass is 15.2. The number of nitrogens with zero attached hydrogens (tertiary/aromatic N) is 1. The average Bonchev–Trinajstić information content (AvgIpc) is 2.75. The minimum Gasteiger partial charge on any atom is -0.295 e. The van der Waals surface area contributed by atoms with E-state index in [-0.39, 0.29) is 0 Å². The van der Waals surface area contributed by atoms with Crippen LogP contribution in [0, 0.1) is 0 Å². The summed E-state index contributed by atoms with van der Waals surface area (Å²) in [6.45, 7) is 14.5. The first-order chi connectivity index (χ1) is 15.1. The van der Waals surface area contributed by atoms with Gasteiger partial charge in [-0.05, 0) is 40.0 Å². The quantitative estimate of drug-likeness (QED) is 0.136. The first-order valence-corrected chi connectivity index (χ1v) is 14.9. The fraction of sp³-hybridized carbons (Fsp3) is 1.00. The number of hydrogen-bond donors (Lipinski definition) is 0. The summed E-state index contributed by atoms with van der Waals surface area (Å²) >= 11 is 0. The average molecular weight is 438 g/mol. The van der Waals surface area contributed by atoms with Crippen molar-refractivity contribution in [2.75, 3.05) is 0 Å². The van der Waals surface area contributed by atoms with E-state index in [1.54, 1.807) is 0 Å². The van der Waals surface area contributed by atoms with Crippen LogP contribution in [0.2, 0.25) is 0 Å². The van der Waals surface area contributed by atoms with Gasteiger partial charge in [-0.1, -0.05) is 136 Å². The SMILES string of the molecule is CCCCCCCCC(C)N(C(C)CCCCCCCC)C(C)CCCCCCCC. The van der Waals surface area contributed by atoms with Crippen LogP contribution in [-0.2, 0) is 0 Å². The van der Waals surface area contributed by atoms with Gasteiger partial charge >= 0.3 is 0 Å². The molecule has 0 amide bonds. The van der Waals surface area contributed by atoms with Gasteiger partial charge in [0, 0.05) is 18.1 Å². The Morgan fingerprint density at radius 2 is 0.581 bits per heavy atom. The standard InChI is InChI=1S/C30H63N/c1-7-10-13-16-19-22-25-28(4)31(29(5)26-23-20-17-14-11-8-2)30(6)27-24-21-18-15-12-9-3/h28-30H,7-27H2,1-6H3. The molecule has 188 valence electrons. The fourth-order valence-corrected chi connectivity index (χ4v) is 5.41. The summed E-state index contributed by atoms with van der Waals surface area (Å²) < 4.78 is 0. The van der Waals surface area contributed by atoms with Crippen LogP contribution in [0.25, 0.3) is 0 Å². The Balaban J connectivity index is 4.46. The minimum absolute atomic E-state index is 0.747. The Bertz CT molecular complexity index is 287. The summed E-state index contributed by atoms with van der Waals surface area (Å²) in [5.74, 6) is 0. The smallest absolute Gasteiger partial charge is 0.00725 e. The monoisotopic (exact) mass is 437 g/mol. The van der Waals surface area contributed by atoms with Crippen molar-refractivity contribution in [2.45, 2.75) is 195 Å². The van der Waals surface area contributed by atoms with E-state index >= 15 is 0 Å². The lowest BCUT2D eigenvalue weighted by Gasteiger charge is -2.40. The molecular weight excluding hydrogens is 374 g/mol. The van der Waals surface area contributed by atoms with Crippen LogP contribution in [0.4, 0.5) is 0 Å². The van der Waals surface area contributed by atoms with E-state index in [2.05, 4.69) is 46.4 Å². The molecule has 0 heterocycles. The van der Waals surface area contributed by atoms with Crippen LogP contribution in [0.1, 0.15) is 176 Å². The maximum Gasteiger partial charge on any atom is 0.00725 e. The van der Waals surface area contributed by atoms with Gasteiger partial charge in [-0.25, -0.2) is 0 Å². The number of unbranched alkanes of at least 4 members (excludes halogenated alkanes) is 15. The van der Waals surface area contributed by atoms with Crippen molar-refractivity contribution in [3.05, 3.63) is 0 Å². The predicted octanol–water partition coefficient (Wildman–Crippen LogP) is 10.7. The van der Waals surface area contributed by atoms with E-state index in [1.807, 2.05) is 0 Å². The van der Waals surface area contributed by atoms with Gasteiger partial charge in [0.2, 0.25) is 0 Å². The molecule has 3 atom stereocenters. The lowest BCUT2D eigenvalue weighted by atomic mass is 9.97. The second-order valence-electron chi connectivity index (χ2n) is 10.7. The predicted molar refractivity (Wildman–Crippen MR) is 144 cm³/mol. The Labute approximate surface area is 199 Å². The molecule has 0 aromatic rings.